The van der Waals surface area contributed by atoms with Gasteiger partial charge in [0.25, 0.3) is 0 Å². The molecule has 2 fully saturated rings. The summed E-state index contributed by atoms with van der Waals surface area (Å²) in [4.78, 5) is 2.85. The molecule has 1 nitrogen and oxygen atoms in total. The molecule has 2 heterocycles. The van der Waals surface area contributed by atoms with Crippen LogP contribution in [0.2, 0.25) is 17.7 Å². The van der Waals surface area contributed by atoms with Crippen molar-refractivity contribution < 1.29 is 0 Å². The molecule has 22 heavy (non-hydrogen) atoms. The normalized spacial score (nSPS) is 25.8. The fraction of sp³-hybridized carbons (Fsp3) is 1.00. The quantitative estimate of drug-likeness (QED) is 0.358. The van der Waals surface area contributed by atoms with E-state index in [-0.39, 0.29) is 0 Å². The number of hydrogen-bond donors (Lipinski definition) is 0. The maximum atomic E-state index is 2.85. The first-order valence-corrected chi connectivity index (χ1v) is 18.5. The summed E-state index contributed by atoms with van der Waals surface area (Å²) in [5.41, 5.74) is 0. The molecule has 2 rings (SSSR count). The van der Waals surface area contributed by atoms with Gasteiger partial charge in [-0.2, -0.15) is 0 Å². The van der Waals surface area contributed by atoms with Crippen molar-refractivity contribution in [1.82, 2.24) is 4.90 Å². The molecule has 2 saturated heterocycles. The van der Waals surface area contributed by atoms with E-state index in [2.05, 4.69) is 25.7 Å². The van der Waals surface area contributed by atoms with Gasteiger partial charge in [0.05, 0.1) is 0 Å². The molecule has 2 heteroatoms. The van der Waals surface area contributed by atoms with E-state index >= 15 is 0 Å². The number of fused-ring (bicyclic) bond motifs is 1. The third-order valence-electron chi connectivity index (χ3n) is 6.50. The topological polar surface area (TPSA) is 3.24 Å². The van der Waals surface area contributed by atoms with Crippen LogP contribution in [0.1, 0.15) is 78.6 Å². The van der Waals surface area contributed by atoms with Crippen LogP contribution in [0.25, 0.3) is 0 Å². The van der Waals surface area contributed by atoms with Gasteiger partial charge in [-0.3, -0.25) is 0 Å². The second-order valence-electron chi connectivity index (χ2n) is 8.41. The van der Waals surface area contributed by atoms with Crippen molar-refractivity contribution in [3.05, 3.63) is 0 Å². The van der Waals surface area contributed by atoms with E-state index in [1.54, 1.807) is 43.4 Å². The summed E-state index contributed by atoms with van der Waals surface area (Å²) in [6.07, 6.45) is 13.5. The van der Waals surface area contributed by atoms with Crippen LogP contribution >= 0.6 is 0 Å². The molecule has 0 spiro atoms. The second kappa shape index (κ2) is 9.91. The van der Waals surface area contributed by atoms with E-state index in [1.165, 1.54) is 45.2 Å². The van der Waals surface area contributed by atoms with Crippen LogP contribution in [-0.4, -0.2) is 42.4 Å². The molecule has 0 saturated carbocycles. The SMILES string of the molecule is CCC[CH2][Sn]([CH2]CCC)([CH2]CCC)[CH2][C@@H]1C[C@H]2CCCN2C1. The van der Waals surface area contributed by atoms with Crippen LogP contribution in [0, 0.1) is 5.92 Å². The number of unbranched alkanes of at least 4 members (excludes halogenated alkanes) is 3. The third-order valence-corrected chi connectivity index (χ3v) is 22.7. The first kappa shape index (κ1) is 19.1. The Morgan fingerprint density at radius 3 is 2.00 bits per heavy atom. The summed E-state index contributed by atoms with van der Waals surface area (Å²) in [6.45, 7) is 10.1. The Morgan fingerprint density at radius 2 is 1.50 bits per heavy atom. The van der Waals surface area contributed by atoms with Crippen molar-refractivity contribution in [1.29, 1.82) is 0 Å². The van der Waals surface area contributed by atoms with Crippen molar-refractivity contribution in [3.8, 4) is 0 Å². The summed E-state index contributed by atoms with van der Waals surface area (Å²) in [5, 5.41) is 0. The average Bonchev–Trinajstić information content (AvgIpc) is 3.09. The second-order valence-corrected chi connectivity index (χ2v) is 22.4. The van der Waals surface area contributed by atoms with Crippen LogP contribution in [0.5, 0.6) is 0 Å². The fourth-order valence-electron chi connectivity index (χ4n) is 5.29. The first-order valence-electron chi connectivity index (χ1n) is 10.5. The van der Waals surface area contributed by atoms with Gasteiger partial charge < -0.3 is 0 Å². The van der Waals surface area contributed by atoms with Crippen LogP contribution in [0.3, 0.4) is 0 Å². The molecule has 0 amide bonds. The Labute approximate surface area is 144 Å². The summed E-state index contributed by atoms with van der Waals surface area (Å²) >= 11 is -1.86. The van der Waals surface area contributed by atoms with Gasteiger partial charge >= 0.3 is 145 Å². The summed E-state index contributed by atoms with van der Waals surface area (Å²) in [7, 11) is 0. The monoisotopic (exact) mass is 415 g/mol. The van der Waals surface area contributed by atoms with Crippen molar-refractivity contribution in [2.24, 2.45) is 5.92 Å². The molecule has 130 valence electrons. The Morgan fingerprint density at radius 1 is 0.909 bits per heavy atom. The third kappa shape index (κ3) is 5.39. The van der Waals surface area contributed by atoms with Crippen molar-refractivity contribution in [3.63, 3.8) is 0 Å². The van der Waals surface area contributed by atoms with Gasteiger partial charge in [0.15, 0.2) is 0 Å². The molecule has 0 aromatic rings. The zero-order valence-corrected chi connectivity index (χ0v) is 18.6. The Balaban J connectivity index is 1.97. The molecule has 0 unspecified atom stereocenters. The van der Waals surface area contributed by atoms with Gasteiger partial charge in [0.2, 0.25) is 0 Å². The van der Waals surface area contributed by atoms with E-state index in [0.29, 0.717) is 0 Å². The Hall–Kier alpha value is 0.759. The minimum atomic E-state index is -1.86. The molecule has 0 aromatic carbocycles. The number of hydrogen-bond acceptors (Lipinski definition) is 1. The summed E-state index contributed by atoms with van der Waals surface area (Å²) in [5.74, 6) is 1.10. The molecule has 0 aromatic heterocycles. The van der Waals surface area contributed by atoms with Gasteiger partial charge in [-0.05, 0) is 0 Å². The van der Waals surface area contributed by atoms with Crippen LogP contribution < -0.4 is 0 Å². The van der Waals surface area contributed by atoms with Crippen LogP contribution in [0.15, 0.2) is 0 Å². The molecule has 0 radical (unpaired) electrons. The van der Waals surface area contributed by atoms with Crippen molar-refractivity contribution in [2.75, 3.05) is 13.1 Å². The Bertz CT molecular complexity index is 270. The standard InChI is InChI=1S/C8H14N.3C4H9.Sn/c1-7-5-8-3-2-4-9(8)6-7;3*1-3-4-2;/h7-8H,1-6H2;3*1,3-4H2,2H3;/t7-,8-;;;;/m1..../s1. The van der Waals surface area contributed by atoms with Crippen molar-refractivity contribution >= 4 is 18.4 Å². The van der Waals surface area contributed by atoms with Gasteiger partial charge in [0.1, 0.15) is 0 Å². The number of nitrogens with zero attached hydrogens (tertiary/aromatic N) is 1. The molecule has 2 atom stereocenters. The van der Waals surface area contributed by atoms with Crippen LogP contribution in [-0.2, 0) is 0 Å². The van der Waals surface area contributed by atoms with Gasteiger partial charge in [-0.15, -0.1) is 0 Å². The van der Waals surface area contributed by atoms with Crippen molar-refractivity contribution in [2.45, 2.75) is 102 Å². The van der Waals surface area contributed by atoms with E-state index in [9.17, 15) is 0 Å². The summed E-state index contributed by atoms with van der Waals surface area (Å²) < 4.78 is 6.90. The predicted molar refractivity (Wildman–Crippen MR) is 102 cm³/mol. The Kier molecular flexibility index (Phi) is 8.60. The van der Waals surface area contributed by atoms with Crippen LogP contribution in [0.4, 0.5) is 0 Å². The summed E-state index contributed by atoms with van der Waals surface area (Å²) in [6, 6.07) is 0.998. The van der Waals surface area contributed by atoms with Gasteiger partial charge in [0, 0.05) is 0 Å². The molecule has 0 N–H and O–H groups in total. The predicted octanol–water partition coefficient (Wildman–Crippen LogP) is 6.32. The molecular formula is C20H41NSn. The average molecular weight is 414 g/mol. The van der Waals surface area contributed by atoms with E-state index in [1.807, 2.05) is 0 Å². The van der Waals surface area contributed by atoms with E-state index in [0.717, 1.165) is 12.0 Å². The van der Waals surface area contributed by atoms with Gasteiger partial charge in [-0.1, -0.05) is 0 Å². The zero-order valence-electron chi connectivity index (χ0n) is 15.7. The minimum absolute atomic E-state index is 0.998. The fourth-order valence-corrected chi connectivity index (χ4v) is 23.0. The van der Waals surface area contributed by atoms with E-state index < -0.39 is 18.4 Å². The molecular weight excluding hydrogens is 373 g/mol. The first-order chi connectivity index (χ1) is 10.7. The molecule has 2 aliphatic heterocycles. The zero-order chi connectivity index (χ0) is 15.8. The van der Waals surface area contributed by atoms with E-state index in [4.69, 9.17) is 0 Å². The maximum absolute atomic E-state index is 2.85. The number of rotatable bonds is 11. The molecule has 0 aliphatic carbocycles. The molecule has 2 aliphatic rings. The molecule has 0 bridgehead atoms. The van der Waals surface area contributed by atoms with Gasteiger partial charge in [-0.25, -0.2) is 0 Å².